The van der Waals surface area contributed by atoms with Crippen LogP contribution < -0.4 is 32.3 Å². The zero-order valence-corrected chi connectivity index (χ0v) is 76.3. The summed E-state index contributed by atoms with van der Waals surface area (Å²) in [6.07, 6.45) is 18.1. The third kappa shape index (κ3) is 48.4. The molecule has 5 atom stereocenters. The second kappa shape index (κ2) is 64.6. The molecule has 5 saturated heterocycles. The molecule has 5 aliphatic rings. The largest absolute Gasteiger partial charge is 0.481 e. The highest BCUT2D eigenvalue weighted by molar-refractivity contribution is 5.99. The highest BCUT2D eigenvalue weighted by Gasteiger charge is 2.33. The summed E-state index contributed by atoms with van der Waals surface area (Å²) in [4.78, 5) is 175. The number of aromatic nitrogens is 6. The third-order valence-corrected chi connectivity index (χ3v) is 19.3. The van der Waals surface area contributed by atoms with E-state index < -0.39 is 89.4 Å². The van der Waals surface area contributed by atoms with Crippen molar-refractivity contribution in [2.24, 2.45) is 5.73 Å². The third-order valence-electron chi connectivity index (χ3n) is 19.3. The van der Waals surface area contributed by atoms with Gasteiger partial charge in [0.1, 0.15) is 36.5 Å². The van der Waals surface area contributed by atoms with Crippen LogP contribution in [-0.4, -0.2) is 330 Å². The Morgan fingerprint density at radius 1 is 0.457 bits per heavy atom. The number of aliphatic hydroxyl groups is 1. The fourth-order valence-corrected chi connectivity index (χ4v) is 12.6. The molecule has 2 aromatic heterocycles. The van der Waals surface area contributed by atoms with Crippen molar-refractivity contribution in [3.63, 3.8) is 0 Å². The number of aliphatic carboxylic acids is 2. The van der Waals surface area contributed by atoms with Crippen LogP contribution in [0.25, 0.3) is 11.4 Å². The zero-order chi connectivity index (χ0) is 97.5. The number of nitrogens with one attached hydrogen (secondary N) is 5. The maximum atomic E-state index is 12.9. The van der Waals surface area contributed by atoms with Crippen LogP contribution >= 0.6 is 12.3 Å². The van der Waals surface area contributed by atoms with Crippen LogP contribution in [0.2, 0.25) is 0 Å². The van der Waals surface area contributed by atoms with Crippen LogP contribution in [0.5, 0.6) is 0 Å². The van der Waals surface area contributed by atoms with Gasteiger partial charge in [-0.1, -0.05) is 10.4 Å². The molecule has 9 rings (SSSR count). The Hall–Kier alpha value is -11.1. The molecule has 8 amide bonds. The van der Waals surface area contributed by atoms with Crippen LogP contribution in [0.4, 0.5) is 14.0 Å². The molecule has 0 spiro atoms. The molecule has 127 heavy (non-hydrogen) atoms. The fraction of sp³-hybridized carbons (Fsp3) is 0.643. The first-order valence-corrected chi connectivity index (χ1v) is 41.9. The number of aliphatic hydroxyl groups excluding tert-OH is 1. The molecule has 2 aromatic carbocycles. The summed E-state index contributed by atoms with van der Waals surface area (Å²) < 4.78 is 50.9. The molecule has 716 valence electrons. The number of alkyl carbamates (subject to hydrolysis) is 2. The number of halogens is 2. The summed E-state index contributed by atoms with van der Waals surface area (Å²) in [5.41, 5.74) is 13.0. The maximum absolute atomic E-state index is 12.9. The van der Waals surface area contributed by atoms with Gasteiger partial charge in [0.2, 0.25) is 25.1 Å². The first-order valence-electron chi connectivity index (χ1n) is 42.8. The predicted molar refractivity (Wildman–Crippen MR) is 467 cm³/mol. The molecule has 12 N–H and O–H groups in total. The molecule has 43 heteroatoms. The lowest BCUT2D eigenvalue weighted by Gasteiger charge is -2.31. The maximum Gasteiger partial charge on any atom is 0.408 e. The lowest BCUT2D eigenvalue weighted by atomic mass is 10.1. The van der Waals surface area contributed by atoms with E-state index in [1.807, 2.05) is 0 Å². The second-order valence-electron chi connectivity index (χ2n) is 31.2. The topological polar surface area (TPSA) is 550 Å². The number of carboxylic acids is 2. The number of benzene rings is 2. The van der Waals surface area contributed by atoms with Crippen molar-refractivity contribution in [1.29, 1.82) is 1.17 Å². The highest BCUT2D eigenvalue weighted by Crippen LogP contribution is 2.20. The van der Waals surface area contributed by atoms with Crippen molar-refractivity contribution in [2.75, 3.05) is 128 Å². The van der Waals surface area contributed by atoms with E-state index in [-0.39, 0.29) is 93.3 Å². The number of methoxy groups -OCH3 is 4. The molecule has 5 fully saturated rings. The predicted octanol–water partition coefficient (Wildman–Crippen LogP) is 4.93. The van der Waals surface area contributed by atoms with Gasteiger partial charge in [-0.3, -0.25) is 57.1 Å². The van der Waals surface area contributed by atoms with E-state index in [4.69, 9.17) is 38.6 Å². The van der Waals surface area contributed by atoms with Gasteiger partial charge in [0, 0.05) is 129 Å². The summed E-state index contributed by atoms with van der Waals surface area (Å²) in [6.45, 7) is 20.6. The number of nitrogens with two attached hydrogens (primary N) is 1. The van der Waals surface area contributed by atoms with Crippen LogP contribution in [0.15, 0.2) is 73.3 Å². The van der Waals surface area contributed by atoms with Crippen LogP contribution in [-0.2, 0) is 76.4 Å². The Balaban J connectivity index is 0.00000155. The Bertz CT molecular complexity index is 3880. The molecule has 4 aromatic rings. The Kier molecular flexibility index (Phi) is 57.0. The number of alkyl halides is 1. The van der Waals surface area contributed by atoms with Crippen molar-refractivity contribution in [2.45, 2.75) is 224 Å². The number of esters is 4. The lowest BCUT2D eigenvalue weighted by molar-refractivity contribution is -0.143. The number of likely N-dealkylation sites (tertiary alicyclic amines) is 4. The van der Waals surface area contributed by atoms with E-state index in [2.05, 4.69) is 90.4 Å². The lowest BCUT2D eigenvalue weighted by Crippen LogP contribution is -2.51. The monoisotopic (exact) mass is 1820 g/mol. The van der Waals surface area contributed by atoms with Gasteiger partial charge in [-0.25, -0.2) is 23.7 Å². The van der Waals surface area contributed by atoms with E-state index in [0.717, 1.165) is 115 Å². The molecule has 41 nitrogen and oxygen atoms in total. The van der Waals surface area contributed by atoms with Gasteiger partial charge in [-0.15, -0.1) is 22.5 Å². The Morgan fingerprint density at radius 2 is 0.740 bits per heavy atom. The van der Waals surface area contributed by atoms with Crippen molar-refractivity contribution in [3.8, 4) is 11.4 Å². The fourth-order valence-electron chi connectivity index (χ4n) is 12.6. The number of hydrogen-bond acceptors (Lipinski definition) is 28. The number of piperazine rings is 1. The summed E-state index contributed by atoms with van der Waals surface area (Å²) in [5.74, 6) is -5.25. The van der Waals surface area contributed by atoms with Gasteiger partial charge >= 0.3 is 48.0 Å². The van der Waals surface area contributed by atoms with Crippen molar-refractivity contribution in [3.05, 3.63) is 84.4 Å². The van der Waals surface area contributed by atoms with E-state index in [1.165, 1.54) is 47.9 Å². The molecule has 0 saturated carbocycles. The summed E-state index contributed by atoms with van der Waals surface area (Å²) in [5, 5.41) is 53.7. The standard InChI is InChI=1S/C20H25N5O4.C19H23N5O4.C16H28N2O5.C11H20N2O3.C11H19NO6.C5H12N2.CH3F.CH4O.ClH.H2O/c1-29-18(26)10-9-17(20(28)24-12-3-2-4-13-24)22-19(27)15-5-7-16(8-6-15)25-14-11-21-23-25;25-17(26)9-8-16(19(28)23-11-2-1-3-12-23)21-18(27)14-4-6-15(7-5-14)24-13-10-20-22-24;1-16(2,3)23-15(21)17-12(8-9-13(19)22-4)14(20)18-10-6-5-7-11-18;1-16-10(14)6-5-9(12)11(15)13-7-3-2-4-8-13;1-11(2,3)18-10(16)12-7(9(14)15)5-6-8(13)17-4;1-7-4-2-6-3-5-7;2*1-2;;/h5-8,11,14,17H,2-4,9-10,12-13H2,1H3,(H,22,27);4-7,10,13,16H,1-3,8-9,11-12H2,(H,21,27)(H,25,26);12H,5-11H2,1-4H3,(H,17,21);9H,2-8,12H2,1H3;7H,5-6H2,1-4H3,(H,12,16)(H,14,15);6H,2-5H2,1H3;1H3;2H,1H3;1H;1H2/t17-;16-;12-;9-;7-;;;;;/m00000...../s1/i/hD2. The minimum Gasteiger partial charge on any atom is -0.481 e. The minimum absolute atomic E-state index is 0.0383. The number of nitrogens with zero attached hydrogens (tertiary/aromatic N) is 11. The van der Waals surface area contributed by atoms with E-state index in [0.29, 0.717) is 64.0 Å². The van der Waals surface area contributed by atoms with Gasteiger partial charge in [-0.05, 0) is 206 Å². The first kappa shape index (κ1) is 112. The Labute approximate surface area is 751 Å². The van der Waals surface area contributed by atoms with Gasteiger partial charge < -0.3 is 106 Å². The van der Waals surface area contributed by atoms with Crippen molar-refractivity contribution < 1.29 is 122 Å². The molecule has 0 radical (unpaired) electrons. The normalized spacial score (nSPS) is 15.3. The quantitative estimate of drug-likeness (QED) is 0.0269. The molecule has 0 bridgehead atoms. The average molecular weight is 1830 g/mol. The number of rotatable bonds is 28. The van der Waals surface area contributed by atoms with Gasteiger partial charge in [-0.2, -0.15) is 0 Å². The zero-order valence-electron chi connectivity index (χ0n) is 77.6. The van der Waals surface area contributed by atoms with Crippen LogP contribution in [0, 0.1) is 0 Å². The number of ether oxygens (including phenoxy) is 6. The van der Waals surface area contributed by atoms with Crippen molar-refractivity contribution in [1.82, 2.24) is 81.1 Å². The number of likely N-dealkylation sites (N-methyl/N-ethyl adjacent to an activating group) is 1. The SMILES string of the molecule is CF.CN1CCNCC1.CO.COC(=O)CC[C@H](N)C(=O)N1CCCCC1.COC(=O)CC[C@H](NC(=O)OC(C)(C)C)C(=O)N1CCCCC1.COC(=O)CC[C@H](NC(=O)OC(C)(C)C)C(=O)O.COC(=O)CC[C@H](NC(=O)c1ccc(-n2ccnn2)cc1)C(=O)N1CCCCC1.O=C(O)CC[C@H](NC(=O)c1ccc(-n2ccnn2)cc1)C(=O)N1CCCCC1.[2H]Cl.[2H]O. The minimum atomic E-state index is -1.23. The molecule has 0 aliphatic carbocycles. The van der Waals surface area contributed by atoms with Gasteiger partial charge in [0.15, 0.2) is 0 Å². The average Bonchev–Trinajstić information content (AvgIpc) is 1.80. The summed E-state index contributed by atoms with van der Waals surface area (Å²) in [7, 11) is 8.80. The first-order chi connectivity index (χ1) is 61.5. The number of carbonyl (C=O) groups is 14. The molecule has 0 unspecified atom stereocenters. The molecule has 5 aliphatic heterocycles. The van der Waals surface area contributed by atoms with Crippen LogP contribution in [0.1, 0.15) is 205 Å². The smallest absolute Gasteiger partial charge is 0.408 e. The molecule has 7 heterocycles. The molecular weight excluding hydrogens is 1690 g/mol. The Morgan fingerprint density at radius 3 is 1.01 bits per heavy atom. The second-order valence-corrected chi connectivity index (χ2v) is 31.2. The number of hydrogen-bond donors (Lipinski definition) is 9. The summed E-state index contributed by atoms with van der Waals surface area (Å²) in [6, 6.07) is 9.38. The number of carboxylic acid groups (broad SMARTS) is 2. The van der Waals surface area contributed by atoms with E-state index in [9.17, 15) is 71.5 Å². The van der Waals surface area contributed by atoms with E-state index in [1.54, 1.807) is 144 Å². The molecular formula is C84H137ClFN17O24. The number of piperidine rings is 4. The summed E-state index contributed by atoms with van der Waals surface area (Å²) >= 11 is 3.89. The van der Waals surface area contributed by atoms with Gasteiger partial charge in [0.05, 0.1) is 77.8 Å². The number of amides is 8. The van der Waals surface area contributed by atoms with Crippen molar-refractivity contribution >= 4 is 95.8 Å². The highest BCUT2D eigenvalue weighted by atomic mass is 35.5. The number of carbonyl (C=O) groups excluding carboxylic acids is 12. The van der Waals surface area contributed by atoms with Gasteiger partial charge in [0.25, 0.3) is 11.8 Å². The van der Waals surface area contributed by atoms with Crippen LogP contribution in [0.3, 0.4) is 0 Å². The van der Waals surface area contributed by atoms with E-state index >= 15 is 0 Å².